The zero-order valence-electron chi connectivity index (χ0n) is 11.6. The summed E-state index contributed by atoms with van der Waals surface area (Å²) in [7, 11) is 0. The average Bonchev–Trinajstić information content (AvgIpc) is 2.47. The van der Waals surface area contributed by atoms with E-state index in [4.69, 9.17) is 5.73 Å². The van der Waals surface area contributed by atoms with E-state index in [1.807, 2.05) is 4.90 Å². The lowest BCUT2D eigenvalue weighted by atomic mass is 9.99. The Kier molecular flexibility index (Phi) is 5.30. The molecule has 1 amide bonds. The second-order valence-corrected chi connectivity index (χ2v) is 5.14. The maximum Gasteiger partial charge on any atom is 0.246 e. The highest BCUT2D eigenvalue weighted by Crippen LogP contribution is 2.19. The Labute approximate surface area is 119 Å². The number of amides is 1. The maximum absolute atomic E-state index is 12.8. The van der Waals surface area contributed by atoms with Crippen LogP contribution < -0.4 is 5.73 Å². The number of nitrogens with zero attached hydrogens (tertiary/aromatic N) is 1. The van der Waals surface area contributed by atoms with E-state index in [0.29, 0.717) is 6.54 Å². The van der Waals surface area contributed by atoms with Gasteiger partial charge in [0.2, 0.25) is 5.91 Å². The van der Waals surface area contributed by atoms with Gasteiger partial charge in [0.1, 0.15) is 5.82 Å². The quantitative estimate of drug-likeness (QED) is 0.859. The highest BCUT2D eigenvalue weighted by molar-refractivity contribution is 5.92. The number of rotatable bonds is 4. The largest absolute Gasteiger partial charge is 0.336 e. The highest BCUT2D eigenvalue weighted by atomic mass is 19.1. The molecule has 0 radical (unpaired) electrons. The molecular weight excluding hydrogens is 255 g/mol. The summed E-state index contributed by atoms with van der Waals surface area (Å²) in [6, 6.07) is 6.36. The lowest BCUT2D eigenvalue weighted by Gasteiger charge is -2.35. The van der Waals surface area contributed by atoms with Crippen molar-refractivity contribution in [3.05, 3.63) is 41.7 Å². The van der Waals surface area contributed by atoms with Crippen molar-refractivity contribution in [2.24, 2.45) is 5.73 Å². The first-order valence-corrected chi connectivity index (χ1v) is 7.15. The van der Waals surface area contributed by atoms with Crippen molar-refractivity contribution in [3.63, 3.8) is 0 Å². The van der Waals surface area contributed by atoms with Crippen LogP contribution in [0.5, 0.6) is 0 Å². The van der Waals surface area contributed by atoms with Gasteiger partial charge in [-0.05, 0) is 56.0 Å². The number of hydrogen-bond acceptors (Lipinski definition) is 2. The monoisotopic (exact) mass is 276 g/mol. The van der Waals surface area contributed by atoms with Crippen molar-refractivity contribution in [1.82, 2.24) is 4.90 Å². The zero-order valence-corrected chi connectivity index (χ0v) is 11.6. The van der Waals surface area contributed by atoms with E-state index in [-0.39, 0.29) is 17.8 Å². The van der Waals surface area contributed by atoms with Gasteiger partial charge >= 0.3 is 0 Å². The molecule has 1 unspecified atom stereocenters. The second kappa shape index (κ2) is 7.20. The van der Waals surface area contributed by atoms with E-state index in [1.54, 1.807) is 24.3 Å². The number of likely N-dealkylation sites (tertiary alicyclic amines) is 1. The van der Waals surface area contributed by atoms with Crippen LogP contribution >= 0.6 is 0 Å². The lowest BCUT2D eigenvalue weighted by molar-refractivity contribution is -0.129. The third-order valence-corrected chi connectivity index (χ3v) is 3.70. The van der Waals surface area contributed by atoms with Gasteiger partial charge in [0, 0.05) is 18.7 Å². The first kappa shape index (κ1) is 14.7. The van der Waals surface area contributed by atoms with Crippen LogP contribution in [0.3, 0.4) is 0 Å². The van der Waals surface area contributed by atoms with Gasteiger partial charge in [-0.3, -0.25) is 4.79 Å². The van der Waals surface area contributed by atoms with E-state index in [0.717, 1.165) is 37.8 Å². The van der Waals surface area contributed by atoms with Gasteiger partial charge in [-0.15, -0.1) is 0 Å². The van der Waals surface area contributed by atoms with Crippen LogP contribution in [-0.2, 0) is 4.79 Å². The molecule has 4 heteroatoms. The van der Waals surface area contributed by atoms with E-state index >= 15 is 0 Å². The smallest absolute Gasteiger partial charge is 0.246 e. The van der Waals surface area contributed by atoms with Crippen molar-refractivity contribution in [2.75, 3.05) is 13.1 Å². The molecule has 3 nitrogen and oxygen atoms in total. The molecule has 0 saturated carbocycles. The average molecular weight is 276 g/mol. The Hall–Kier alpha value is -1.68. The number of hydrogen-bond donors (Lipinski definition) is 1. The molecule has 0 bridgehead atoms. The summed E-state index contributed by atoms with van der Waals surface area (Å²) in [6.07, 6.45) is 7.41. The Morgan fingerprint density at radius 1 is 1.35 bits per heavy atom. The first-order valence-electron chi connectivity index (χ1n) is 7.15. The van der Waals surface area contributed by atoms with Crippen molar-refractivity contribution < 1.29 is 9.18 Å². The predicted octanol–water partition coefficient (Wildman–Crippen LogP) is 2.57. The molecule has 20 heavy (non-hydrogen) atoms. The Morgan fingerprint density at radius 2 is 2.10 bits per heavy atom. The molecule has 108 valence electrons. The van der Waals surface area contributed by atoms with E-state index in [1.165, 1.54) is 12.1 Å². The number of halogens is 1. The van der Waals surface area contributed by atoms with Gasteiger partial charge in [0.05, 0.1) is 0 Å². The lowest BCUT2D eigenvalue weighted by Crippen LogP contribution is -2.43. The molecule has 1 aromatic carbocycles. The minimum atomic E-state index is -0.271. The summed E-state index contributed by atoms with van der Waals surface area (Å²) in [6.45, 7) is 1.41. The minimum absolute atomic E-state index is 0.0208. The number of carbonyl (C=O) groups excluding carboxylic acids is 1. The molecule has 1 atom stereocenters. The van der Waals surface area contributed by atoms with Crippen molar-refractivity contribution in [3.8, 4) is 0 Å². The SMILES string of the molecule is NCCC1CCCCN1C(=O)/C=C/c1ccc(F)cc1. The molecule has 2 rings (SSSR count). The fourth-order valence-electron chi connectivity index (χ4n) is 2.62. The summed E-state index contributed by atoms with van der Waals surface area (Å²) in [5, 5.41) is 0. The van der Waals surface area contributed by atoms with Crippen molar-refractivity contribution in [1.29, 1.82) is 0 Å². The van der Waals surface area contributed by atoms with Gasteiger partial charge in [0.25, 0.3) is 0 Å². The number of piperidine rings is 1. The Balaban J connectivity index is 2.00. The third kappa shape index (κ3) is 3.90. The van der Waals surface area contributed by atoms with Crippen LogP contribution in [0, 0.1) is 5.82 Å². The molecular formula is C16H21FN2O. The van der Waals surface area contributed by atoms with Gasteiger partial charge in [-0.25, -0.2) is 4.39 Å². The van der Waals surface area contributed by atoms with Crippen LogP contribution in [0.2, 0.25) is 0 Å². The molecule has 1 fully saturated rings. The van der Waals surface area contributed by atoms with Crippen LogP contribution in [0.4, 0.5) is 4.39 Å². The van der Waals surface area contributed by atoms with E-state index < -0.39 is 0 Å². The van der Waals surface area contributed by atoms with Crippen LogP contribution in [0.15, 0.2) is 30.3 Å². The molecule has 0 aromatic heterocycles. The van der Waals surface area contributed by atoms with Crippen molar-refractivity contribution in [2.45, 2.75) is 31.7 Å². The number of benzene rings is 1. The Bertz CT molecular complexity index is 468. The Morgan fingerprint density at radius 3 is 2.80 bits per heavy atom. The number of nitrogens with two attached hydrogens (primary N) is 1. The van der Waals surface area contributed by atoms with Crippen molar-refractivity contribution >= 4 is 12.0 Å². The maximum atomic E-state index is 12.8. The van der Waals surface area contributed by atoms with Crippen LogP contribution in [0.25, 0.3) is 6.08 Å². The fraction of sp³-hybridized carbons (Fsp3) is 0.438. The van der Waals surface area contributed by atoms with Gasteiger partial charge in [-0.1, -0.05) is 12.1 Å². The summed E-state index contributed by atoms with van der Waals surface area (Å²) in [5.41, 5.74) is 6.44. The van der Waals surface area contributed by atoms with Gasteiger partial charge < -0.3 is 10.6 Å². The van der Waals surface area contributed by atoms with Gasteiger partial charge in [0.15, 0.2) is 0 Å². The summed E-state index contributed by atoms with van der Waals surface area (Å²) >= 11 is 0. The van der Waals surface area contributed by atoms with Crippen LogP contribution in [0.1, 0.15) is 31.2 Å². The first-order chi connectivity index (χ1) is 9.70. The molecule has 1 saturated heterocycles. The topological polar surface area (TPSA) is 46.3 Å². The standard InChI is InChI=1S/C16H21FN2O/c17-14-7-4-13(5-8-14)6-9-16(20)19-12-2-1-3-15(19)10-11-18/h4-9,15H,1-3,10-12,18H2/b9-6+. The molecule has 0 aliphatic carbocycles. The highest BCUT2D eigenvalue weighted by Gasteiger charge is 2.24. The van der Waals surface area contributed by atoms with Crippen LogP contribution in [-0.4, -0.2) is 29.9 Å². The molecule has 1 aromatic rings. The normalized spacial score (nSPS) is 19.5. The second-order valence-electron chi connectivity index (χ2n) is 5.14. The molecule has 1 aliphatic heterocycles. The zero-order chi connectivity index (χ0) is 14.4. The minimum Gasteiger partial charge on any atom is -0.336 e. The molecule has 1 aliphatic rings. The summed E-state index contributed by atoms with van der Waals surface area (Å²) in [4.78, 5) is 14.2. The predicted molar refractivity (Wildman–Crippen MR) is 78.5 cm³/mol. The van der Waals surface area contributed by atoms with Gasteiger partial charge in [-0.2, -0.15) is 0 Å². The molecule has 0 spiro atoms. The van der Waals surface area contributed by atoms with E-state index in [9.17, 15) is 9.18 Å². The molecule has 2 N–H and O–H groups in total. The number of carbonyl (C=O) groups is 1. The van der Waals surface area contributed by atoms with E-state index in [2.05, 4.69) is 0 Å². The molecule has 1 heterocycles. The fourth-order valence-corrected chi connectivity index (χ4v) is 2.62. The summed E-state index contributed by atoms with van der Waals surface area (Å²) in [5.74, 6) is -0.250. The summed E-state index contributed by atoms with van der Waals surface area (Å²) < 4.78 is 12.8. The third-order valence-electron chi connectivity index (χ3n) is 3.70.